The van der Waals surface area contributed by atoms with Gasteiger partial charge in [-0.3, -0.25) is 9.05 Å². The lowest BCUT2D eigenvalue weighted by Gasteiger charge is -2.29. The highest BCUT2D eigenvalue weighted by Crippen LogP contribution is 2.43. The molecule has 0 aromatic carbocycles. The van der Waals surface area contributed by atoms with Gasteiger partial charge in [0.1, 0.15) is 13.2 Å². The van der Waals surface area contributed by atoms with Crippen molar-refractivity contribution in [3.63, 3.8) is 0 Å². The van der Waals surface area contributed by atoms with Crippen LogP contribution in [0.4, 0.5) is 0 Å². The molecule has 218 valence electrons. The maximum absolute atomic E-state index is 12.1. The fourth-order valence-corrected chi connectivity index (χ4v) is 5.45. The molecule has 0 amide bonds. The summed E-state index contributed by atoms with van der Waals surface area (Å²) in [5, 5.41) is 0. The molecule has 36 heavy (non-hydrogen) atoms. The van der Waals surface area contributed by atoms with Crippen LogP contribution in [0, 0.1) is 0 Å². The fraction of sp³-hybridized carbons (Fsp3) is 1.00. The summed E-state index contributed by atoms with van der Waals surface area (Å²) in [6.07, 6.45) is 28.7. The van der Waals surface area contributed by atoms with Gasteiger partial charge in [0.25, 0.3) is 0 Å². The van der Waals surface area contributed by atoms with Crippen molar-refractivity contribution in [2.75, 3.05) is 40.4 Å². The van der Waals surface area contributed by atoms with Crippen LogP contribution in [-0.2, 0) is 13.6 Å². The second-order valence-corrected chi connectivity index (χ2v) is 13.0. The zero-order chi connectivity index (χ0) is 26.8. The van der Waals surface area contributed by atoms with E-state index in [4.69, 9.17) is 9.05 Å². The molecule has 0 aliphatic carbocycles. The number of hydrogen-bond donors (Lipinski definition) is 1. The first-order valence-corrected chi connectivity index (χ1v) is 17.3. The third-order valence-corrected chi connectivity index (χ3v) is 8.34. The molecular formula is C30H65NO4P+. The summed E-state index contributed by atoms with van der Waals surface area (Å²) >= 11 is 0. The predicted molar refractivity (Wildman–Crippen MR) is 156 cm³/mol. The van der Waals surface area contributed by atoms with E-state index >= 15 is 0 Å². The highest BCUT2D eigenvalue weighted by Gasteiger charge is 2.23. The molecule has 0 aliphatic rings. The molecule has 0 heterocycles. The lowest BCUT2D eigenvalue weighted by Crippen LogP contribution is -2.42. The van der Waals surface area contributed by atoms with Crippen LogP contribution in [-0.4, -0.2) is 49.8 Å². The number of likely N-dealkylation sites (N-methyl/N-ethyl adjacent to an activating group) is 1. The van der Waals surface area contributed by atoms with E-state index in [1.165, 1.54) is 128 Å². The zero-order valence-corrected chi connectivity index (χ0v) is 25.8. The summed E-state index contributed by atoms with van der Waals surface area (Å²) in [5.41, 5.74) is 0. The Hall–Kier alpha value is 0.0700. The molecule has 0 spiro atoms. The predicted octanol–water partition coefficient (Wildman–Crippen LogP) is 9.82. The molecule has 0 fully saturated rings. The first kappa shape index (κ1) is 36.1. The van der Waals surface area contributed by atoms with Gasteiger partial charge in [0.05, 0.1) is 27.2 Å². The van der Waals surface area contributed by atoms with Gasteiger partial charge < -0.3 is 9.38 Å². The van der Waals surface area contributed by atoms with Crippen molar-refractivity contribution in [1.29, 1.82) is 0 Å². The van der Waals surface area contributed by atoms with Gasteiger partial charge in [-0.25, -0.2) is 4.57 Å². The quantitative estimate of drug-likeness (QED) is 0.0589. The Labute approximate surface area is 226 Å². The normalized spacial score (nSPS) is 13.8. The minimum absolute atomic E-state index is 0.259. The van der Waals surface area contributed by atoms with Gasteiger partial charge in [0, 0.05) is 0 Å². The average Bonchev–Trinajstić information content (AvgIpc) is 2.83. The molecule has 6 heteroatoms. The molecule has 0 aromatic rings. The highest BCUT2D eigenvalue weighted by molar-refractivity contribution is 7.47. The van der Waals surface area contributed by atoms with Gasteiger partial charge in [0.2, 0.25) is 0 Å². The van der Waals surface area contributed by atoms with E-state index in [1.54, 1.807) is 0 Å². The molecule has 5 nitrogen and oxygen atoms in total. The molecule has 0 saturated carbocycles. The van der Waals surface area contributed by atoms with Crippen LogP contribution in [0.15, 0.2) is 0 Å². The van der Waals surface area contributed by atoms with Gasteiger partial charge >= 0.3 is 7.82 Å². The van der Waals surface area contributed by atoms with Crippen molar-refractivity contribution in [2.24, 2.45) is 0 Å². The van der Waals surface area contributed by atoms with Crippen molar-refractivity contribution in [2.45, 2.75) is 155 Å². The Kier molecular flexibility index (Phi) is 25.4. The second-order valence-electron chi connectivity index (χ2n) is 11.6. The minimum atomic E-state index is -3.92. The van der Waals surface area contributed by atoms with Crippen LogP contribution in [0.1, 0.15) is 155 Å². The van der Waals surface area contributed by atoms with E-state index in [1.807, 2.05) is 0 Å². The van der Waals surface area contributed by atoms with Gasteiger partial charge in [-0.1, -0.05) is 136 Å². The van der Waals surface area contributed by atoms with E-state index in [0.29, 0.717) is 6.61 Å². The van der Waals surface area contributed by atoms with Gasteiger partial charge in [-0.05, 0) is 19.3 Å². The summed E-state index contributed by atoms with van der Waals surface area (Å²) in [7, 11) is 0.401. The number of quaternary nitrogens is 1. The molecule has 1 unspecified atom stereocenters. The number of phosphoric ester groups is 1. The standard InChI is InChI=1S/C30H64NO4P/c1-5-7-9-11-13-14-15-16-17-18-19-20-21-22-24-26-29-34-36(32,33)35-30-28-31(3,4)27-25-23-12-10-8-6-2/h5-30H2,1-4H3/p+1. The second kappa shape index (κ2) is 25.4. The lowest BCUT2D eigenvalue weighted by atomic mass is 10.0. The van der Waals surface area contributed by atoms with E-state index in [0.717, 1.165) is 30.4 Å². The Balaban J connectivity index is 3.49. The molecule has 0 saturated heterocycles. The Morgan fingerprint density at radius 2 is 0.833 bits per heavy atom. The van der Waals surface area contributed by atoms with E-state index in [9.17, 15) is 9.46 Å². The third kappa shape index (κ3) is 27.1. The van der Waals surface area contributed by atoms with Crippen LogP contribution >= 0.6 is 7.82 Å². The van der Waals surface area contributed by atoms with Crippen LogP contribution in [0.5, 0.6) is 0 Å². The number of phosphoric acid groups is 1. The lowest BCUT2D eigenvalue weighted by molar-refractivity contribution is -0.890. The minimum Gasteiger partial charge on any atom is -0.327 e. The van der Waals surface area contributed by atoms with Crippen LogP contribution < -0.4 is 0 Å². The highest BCUT2D eigenvalue weighted by atomic mass is 31.2. The molecule has 0 aliphatic heterocycles. The van der Waals surface area contributed by atoms with E-state index < -0.39 is 7.82 Å². The summed E-state index contributed by atoms with van der Waals surface area (Å²) in [4.78, 5) is 9.94. The van der Waals surface area contributed by atoms with Gasteiger partial charge in [0.15, 0.2) is 0 Å². The van der Waals surface area contributed by atoms with Crippen LogP contribution in [0.25, 0.3) is 0 Å². The number of unbranched alkanes of at least 4 members (excludes halogenated alkanes) is 20. The molecule has 1 N–H and O–H groups in total. The summed E-state index contributed by atoms with van der Waals surface area (Å²) in [5.74, 6) is 0. The third-order valence-electron chi connectivity index (χ3n) is 7.32. The zero-order valence-electron chi connectivity index (χ0n) is 25.0. The van der Waals surface area contributed by atoms with E-state index in [-0.39, 0.29) is 6.61 Å². The SMILES string of the molecule is CCCCCCCCCCCCCCCCCCOP(=O)(O)OCC[N+](C)(C)CCCCCCCC. The van der Waals surface area contributed by atoms with Crippen LogP contribution in [0.3, 0.4) is 0 Å². The molecule has 0 radical (unpaired) electrons. The topological polar surface area (TPSA) is 55.8 Å². The average molecular weight is 535 g/mol. The van der Waals surface area contributed by atoms with Crippen molar-refractivity contribution in [1.82, 2.24) is 0 Å². The first-order chi connectivity index (χ1) is 17.3. The Morgan fingerprint density at radius 3 is 1.25 bits per heavy atom. The van der Waals surface area contributed by atoms with Gasteiger partial charge in [-0.15, -0.1) is 0 Å². The molecular weight excluding hydrogens is 469 g/mol. The number of nitrogens with zero attached hydrogens (tertiary/aromatic N) is 1. The van der Waals surface area contributed by atoms with Crippen LogP contribution in [0.2, 0.25) is 0 Å². The largest absolute Gasteiger partial charge is 0.472 e. The molecule has 1 atom stereocenters. The summed E-state index contributed by atoms with van der Waals surface area (Å²) < 4.78 is 23.3. The summed E-state index contributed by atoms with van der Waals surface area (Å²) in [6, 6.07) is 0. The van der Waals surface area contributed by atoms with Crippen molar-refractivity contribution in [3.05, 3.63) is 0 Å². The van der Waals surface area contributed by atoms with E-state index in [2.05, 4.69) is 27.9 Å². The maximum atomic E-state index is 12.1. The molecule has 0 aromatic heterocycles. The van der Waals surface area contributed by atoms with Gasteiger partial charge in [-0.2, -0.15) is 0 Å². The van der Waals surface area contributed by atoms with Crippen molar-refractivity contribution in [3.8, 4) is 0 Å². The maximum Gasteiger partial charge on any atom is 0.472 e. The van der Waals surface area contributed by atoms with Crippen molar-refractivity contribution < 1.29 is 23.0 Å². The Bertz CT molecular complexity index is 501. The smallest absolute Gasteiger partial charge is 0.327 e. The molecule has 0 rings (SSSR count). The Morgan fingerprint density at radius 1 is 0.500 bits per heavy atom. The fourth-order valence-electron chi connectivity index (χ4n) is 4.70. The first-order valence-electron chi connectivity index (χ1n) is 15.8. The number of rotatable bonds is 29. The number of hydrogen-bond acceptors (Lipinski definition) is 3. The monoisotopic (exact) mass is 534 g/mol. The molecule has 0 bridgehead atoms. The summed E-state index contributed by atoms with van der Waals surface area (Å²) in [6.45, 7) is 6.88. The van der Waals surface area contributed by atoms with Crippen molar-refractivity contribution >= 4 is 7.82 Å².